The largest absolute Gasteiger partial charge is 0.549 e. The second kappa shape index (κ2) is 4.07. The van der Waals surface area contributed by atoms with Crippen LogP contribution in [0.2, 0.25) is 0 Å². The summed E-state index contributed by atoms with van der Waals surface area (Å²) in [5, 5.41) is 11.8. The number of carbonyl (C=O) groups excluding carboxylic acids is 1. The van der Waals surface area contributed by atoms with Gasteiger partial charge in [-0.1, -0.05) is 6.07 Å². The van der Waals surface area contributed by atoms with Crippen molar-refractivity contribution >= 4 is 27.3 Å². The van der Waals surface area contributed by atoms with Crippen LogP contribution in [0.3, 0.4) is 0 Å². The summed E-state index contributed by atoms with van der Waals surface area (Å²) in [5.41, 5.74) is 0. The molecule has 0 saturated heterocycles. The number of carbonyl (C=O) groups is 1. The lowest BCUT2D eigenvalue weighted by molar-refractivity contribution is -0.305. The third-order valence-corrected chi connectivity index (χ3v) is 4.69. The zero-order chi connectivity index (χ0) is 10.8. The van der Waals surface area contributed by atoms with Crippen molar-refractivity contribution in [2.24, 2.45) is 0 Å². The molecule has 0 aliphatic carbocycles. The molecule has 14 heavy (non-hydrogen) atoms. The molecular formula is C7H8NO4S2-. The Bertz CT molecular complexity index is 409. The lowest BCUT2D eigenvalue weighted by Crippen LogP contribution is -2.38. The van der Waals surface area contributed by atoms with Gasteiger partial charge in [0.15, 0.2) is 0 Å². The minimum Gasteiger partial charge on any atom is -0.549 e. The van der Waals surface area contributed by atoms with Gasteiger partial charge in [-0.2, -0.15) is 4.31 Å². The normalized spacial score (nSPS) is 11.9. The van der Waals surface area contributed by atoms with Crippen LogP contribution in [-0.4, -0.2) is 32.3 Å². The minimum absolute atomic E-state index is 0.126. The molecule has 0 fully saturated rings. The van der Waals surface area contributed by atoms with Crippen molar-refractivity contribution in [2.75, 3.05) is 13.6 Å². The monoisotopic (exact) mass is 234 g/mol. The van der Waals surface area contributed by atoms with Crippen molar-refractivity contribution in [3.05, 3.63) is 17.5 Å². The predicted octanol–water partition coefficient (Wildman–Crippen LogP) is -0.881. The van der Waals surface area contributed by atoms with E-state index in [1.807, 2.05) is 0 Å². The molecule has 0 amide bonds. The number of sulfonamides is 1. The average molecular weight is 234 g/mol. The molecule has 0 radical (unpaired) electrons. The lowest BCUT2D eigenvalue weighted by Gasteiger charge is -2.15. The zero-order valence-electron chi connectivity index (χ0n) is 7.34. The fourth-order valence-corrected chi connectivity index (χ4v) is 3.15. The van der Waals surface area contributed by atoms with Crippen LogP contribution in [-0.2, 0) is 14.8 Å². The highest BCUT2D eigenvalue weighted by atomic mass is 32.2. The van der Waals surface area contributed by atoms with Crippen molar-refractivity contribution in [3.8, 4) is 0 Å². The molecule has 1 heterocycles. The van der Waals surface area contributed by atoms with E-state index in [-0.39, 0.29) is 4.21 Å². The molecule has 0 spiro atoms. The fraction of sp³-hybridized carbons (Fsp3) is 0.286. The van der Waals surface area contributed by atoms with Crippen molar-refractivity contribution < 1.29 is 18.3 Å². The highest BCUT2D eigenvalue weighted by Crippen LogP contribution is 2.19. The Morgan fingerprint density at radius 2 is 2.29 bits per heavy atom. The molecule has 1 aromatic rings. The Kier molecular flexibility index (Phi) is 3.25. The van der Waals surface area contributed by atoms with Crippen molar-refractivity contribution in [1.29, 1.82) is 0 Å². The molecular weight excluding hydrogens is 226 g/mol. The molecule has 0 unspecified atom stereocenters. The highest BCUT2D eigenvalue weighted by molar-refractivity contribution is 7.91. The van der Waals surface area contributed by atoms with Gasteiger partial charge in [-0.05, 0) is 11.4 Å². The van der Waals surface area contributed by atoms with E-state index < -0.39 is 22.5 Å². The number of aliphatic carboxylic acids is 1. The zero-order valence-corrected chi connectivity index (χ0v) is 8.97. The first kappa shape index (κ1) is 11.2. The molecule has 0 aromatic carbocycles. The number of carboxylic acid groups (broad SMARTS) is 1. The van der Waals surface area contributed by atoms with Crippen molar-refractivity contribution in [3.63, 3.8) is 0 Å². The van der Waals surface area contributed by atoms with E-state index in [0.717, 1.165) is 15.6 Å². The number of nitrogens with zero attached hydrogens (tertiary/aromatic N) is 1. The summed E-state index contributed by atoms with van der Waals surface area (Å²) in [6, 6.07) is 3.01. The van der Waals surface area contributed by atoms with E-state index in [9.17, 15) is 18.3 Å². The number of carboxylic acids is 1. The van der Waals surface area contributed by atoms with E-state index >= 15 is 0 Å². The third-order valence-electron chi connectivity index (χ3n) is 1.51. The summed E-state index contributed by atoms with van der Waals surface area (Å²) in [6.45, 7) is -0.639. The summed E-state index contributed by atoms with van der Waals surface area (Å²) < 4.78 is 24.0. The minimum atomic E-state index is -3.66. The summed E-state index contributed by atoms with van der Waals surface area (Å²) in [7, 11) is -2.46. The summed E-state index contributed by atoms with van der Waals surface area (Å²) in [5.74, 6) is -1.42. The first-order valence-corrected chi connectivity index (χ1v) is 5.96. The fourth-order valence-electron chi connectivity index (χ4n) is 0.831. The smallest absolute Gasteiger partial charge is 0.252 e. The standard InChI is InChI=1S/C7H9NO4S2/c1-8(5-6(9)10)14(11,12)7-3-2-4-13-7/h2-4H,5H2,1H3,(H,9,10)/p-1. The molecule has 0 aliphatic heterocycles. The topological polar surface area (TPSA) is 77.5 Å². The van der Waals surface area contributed by atoms with Crippen LogP contribution < -0.4 is 5.11 Å². The van der Waals surface area contributed by atoms with E-state index in [0.29, 0.717) is 0 Å². The van der Waals surface area contributed by atoms with Crippen LogP contribution >= 0.6 is 11.3 Å². The Balaban J connectivity index is 2.92. The van der Waals surface area contributed by atoms with Crippen LogP contribution in [0.15, 0.2) is 21.7 Å². The van der Waals surface area contributed by atoms with Crippen molar-refractivity contribution in [1.82, 2.24) is 4.31 Å². The van der Waals surface area contributed by atoms with Gasteiger partial charge in [0.2, 0.25) is 0 Å². The Hall–Kier alpha value is -0.920. The van der Waals surface area contributed by atoms with Gasteiger partial charge in [0.1, 0.15) is 4.21 Å². The molecule has 1 aromatic heterocycles. The Morgan fingerprint density at radius 1 is 1.64 bits per heavy atom. The van der Waals surface area contributed by atoms with Gasteiger partial charge in [-0.25, -0.2) is 8.42 Å². The molecule has 1 rings (SSSR count). The van der Waals surface area contributed by atoms with Crippen LogP contribution in [0.25, 0.3) is 0 Å². The number of hydrogen-bond acceptors (Lipinski definition) is 5. The van der Waals surface area contributed by atoms with Gasteiger partial charge < -0.3 is 9.90 Å². The number of rotatable bonds is 4. The molecule has 0 saturated carbocycles. The third kappa shape index (κ3) is 2.31. The first-order chi connectivity index (χ1) is 6.44. The van der Waals surface area contributed by atoms with Gasteiger partial charge in [0, 0.05) is 7.05 Å². The lowest BCUT2D eigenvalue weighted by atomic mass is 10.7. The molecule has 0 atom stereocenters. The van der Waals surface area contributed by atoms with Crippen molar-refractivity contribution in [2.45, 2.75) is 4.21 Å². The van der Waals surface area contributed by atoms with Crippen LogP contribution in [0.5, 0.6) is 0 Å². The van der Waals surface area contributed by atoms with E-state index in [2.05, 4.69) is 0 Å². The van der Waals surface area contributed by atoms with Gasteiger partial charge in [0.25, 0.3) is 10.0 Å². The maximum Gasteiger partial charge on any atom is 0.252 e. The maximum absolute atomic E-state index is 11.6. The Morgan fingerprint density at radius 3 is 2.71 bits per heavy atom. The predicted molar refractivity (Wildman–Crippen MR) is 49.1 cm³/mol. The maximum atomic E-state index is 11.6. The van der Waals surface area contributed by atoms with E-state index in [1.54, 1.807) is 11.4 Å². The van der Waals surface area contributed by atoms with Crippen LogP contribution in [0, 0.1) is 0 Å². The number of hydrogen-bond donors (Lipinski definition) is 0. The Labute approximate surface area is 85.6 Å². The second-order valence-electron chi connectivity index (χ2n) is 2.57. The average Bonchev–Trinajstić information content (AvgIpc) is 2.54. The molecule has 0 N–H and O–H groups in total. The van der Waals surface area contributed by atoms with Crippen LogP contribution in [0.1, 0.15) is 0 Å². The summed E-state index contributed by atoms with van der Waals surface area (Å²) in [6.07, 6.45) is 0. The van der Waals surface area contributed by atoms with E-state index in [4.69, 9.17) is 0 Å². The van der Waals surface area contributed by atoms with E-state index in [1.165, 1.54) is 13.1 Å². The molecule has 0 bridgehead atoms. The second-order valence-corrected chi connectivity index (χ2v) is 5.78. The number of likely N-dealkylation sites (N-methyl/N-ethyl adjacent to an activating group) is 1. The summed E-state index contributed by atoms with van der Waals surface area (Å²) >= 11 is 1.04. The van der Waals surface area contributed by atoms with Gasteiger partial charge in [-0.3, -0.25) is 0 Å². The van der Waals surface area contributed by atoms with Gasteiger partial charge in [-0.15, -0.1) is 11.3 Å². The van der Waals surface area contributed by atoms with Gasteiger partial charge >= 0.3 is 0 Å². The molecule has 78 valence electrons. The summed E-state index contributed by atoms with van der Waals surface area (Å²) in [4.78, 5) is 10.2. The molecule has 0 aliphatic rings. The highest BCUT2D eigenvalue weighted by Gasteiger charge is 2.21. The number of thiophene rings is 1. The molecule has 5 nitrogen and oxygen atoms in total. The van der Waals surface area contributed by atoms with Crippen LogP contribution in [0.4, 0.5) is 0 Å². The SMILES string of the molecule is CN(CC(=O)[O-])S(=O)(=O)c1cccs1. The molecule has 7 heteroatoms. The van der Waals surface area contributed by atoms with Gasteiger partial charge in [0.05, 0.1) is 12.5 Å². The first-order valence-electron chi connectivity index (χ1n) is 3.64. The quantitative estimate of drug-likeness (QED) is 0.677.